The molecule has 0 amide bonds. The van der Waals surface area contributed by atoms with Gasteiger partial charge in [-0.05, 0) is 13.0 Å². The molecule has 0 aliphatic carbocycles. The number of aromatic carboxylic acids is 1. The van der Waals surface area contributed by atoms with Crippen LogP contribution in [0.4, 0.5) is 5.69 Å². The molecule has 2 rings (SSSR count). The fraction of sp³-hybridized carbons (Fsp3) is 0.0909. The van der Waals surface area contributed by atoms with Crippen LogP contribution in [0.5, 0.6) is 0 Å². The van der Waals surface area contributed by atoms with Crippen molar-refractivity contribution in [3.63, 3.8) is 0 Å². The topological polar surface area (TPSA) is 98.3 Å². The van der Waals surface area contributed by atoms with Crippen LogP contribution in [0.25, 0.3) is 5.69 Å². The summed E-state index contributed by atoms with van der Waals surface area (Å²) in [6, 6.07) is 3.93. The van der Waals surface area contributed by atoms with Crippen molar-refractivity contribution in [2.24, 2.45) is 0 Å². The highest BCUT2D eigenvalue weighted by molar-refractivity contribution is 5.94. The third kappa shape index (κ3) is 1.81. The molecule has 0 aliphatic heterocycles. The Labute approximate surface area is 101 Å². The molecule has 0 unspecified atom stereocenters. The van der Waals surface area contributed by atoms with Crippen molar-refractivity contribution in [1.82, 2.24) is 9.55 Å². The van der Waals surface area contributed by atoms with E-state index >= 15 is 0 Å². The van der Waals surface area contributed by atoms with Crippen LogP contribution >= 0.6 is 0 Å². The number of benzene rings is 1. The van der Waals surface area contributed by atoms with Gasteiger partial charge in [-0.3, -0.25) is 14.7 Å². The molecule has 0 spiro atoms. The second kappa shape index (κ2) is 4.28. The first-order valence-corrected chi connectivity index (χ1v) is 5.03. The minimum Gasteiger partial charge on any atom is -0.478 e. The van der Waals surface area contributed by atoms with E-state index in [0.29, 0.717) is 5.82 Å². The van der Waals surface area contributed by atoms with E-state index in [1.807, 2.05) is 0 Å². The van der Waals surface area contributed by atoms with Crippen LogP contribution in [-0.4, -0.2) is 25.6 Å². The summed E-state index contributed by atoms with van der Waals surface area (Å²) in [5.74, 6) is -0.742. The molecule has 0 saturated heterocycles. The lowest BCUT2D eigenvalue weighted by atomic mass is 10.1. The largest absolute Gasteiger partial charge is 0.478 e. The van der Waals surface area contributed by atoms with E-state index in [-0.39, 0.29) is 16.9 Å². The van der Waals surface area contributed by atoms with Gasteiger partial charge in [0.2, 0.25) is 0 Å². The van der Waals surface area contributed by atoms with Crippen molar-refractivity contribution in [3.8, 4) is 5.69 Å². The third-order valence-electron chi connectivity index (χ3n) is 2.51. The van der Waals surface area contributed by atoms with Gasteiger partial charge in [-0.25, -0.2) is 9.78 Å². The summed E-state index contributed by atoms with van der Waals surface area (Å²) in [5, 5.41) is 20.1. The summed E-state index contributed by atoms with van der Waals surface area (Å²) in [5.41, 5.74) is -0.383. The molecule has 18 heavy (non-hydrogen) atoms. The Kier molecular flexibility index (Phi) is 2.80. The molecule has 1 N–H and O–H groups in total. The van der Waals surface area contributed by atoms with Gasteiger partial charge in [0.1, 0.15) is 11.5 Å². The van der Waals surface area contributed by atoms with E-state index in [2.05, 4.69) is 4.98 Å². The molecule has 0 saturated carbocycles. The molecule has 1 aromatic carbocycles. The highest BCUT2D eigenvalue weighted by Crippen LogP contribution is 2.27. The van der Waals surface area contributed by atoms with E-state index in [0.717, 1.165) is 0 Å². The Balaban J connectivity index is 2.81. The average Bonchev–Trinajstić information content (AvgIpc) is 2.74. The number of imidazole rings is 1. The van der Waals surface area contributed by atoms with Gasteiger partial charge >= 0.3 is 5.97 Å². The minimum absolute atomic E-state index is 0.0185. The molecule has 0 atom stereocenters. The van der Waals surface area contributed by atoms with E-state index in [1.165, 1.54) is 35.2 Å². The van der Waals surface area contributed by atoms with Crippen LogP contribution < -0.4 is 0 Å². The maximum Gasteiger partial charge on any atom is 0.338 e. The van der Waals surface area contributed by atoms with Gasteiger partial charge in [0, 0.05) is 18.5 Å². The average molecular weight is 247 g/mol. The Bertz CT molecular complexity index is 601. The lowest BCUT2D eigenvalue weighted by Crippen LogP contribution is -2.09. The SMILES string of the molecule is Cc1nccn1-c1c(C(=O)O)cccc1[N+](=O)[O-]. The molecule has 0 bridgehead atoms. The molecule has 7 nitrogen and oxygen atoms in total. The number of aromatic nitrogens is 2. The standard InChI is InChI=1S/C11H9N3O4/c1-7-12-5-6-13(7)10-8(11(15)16)3-2-4-9(10)14(17)18/h2-6H,1H3,(H,15,16). The molecular weight excluding hydrogens is 238 g/mol. The first-order valence-electron chi connectivity index (χ1n) is 5.03. The fourth-order valence-electron chi connectivity index (χ4n) is 1.72. The number of carboxylic acids is 1. The zero-order valence-electron chi connectivity index (χ0n) is 9.40. The van der Waals surface area contributed by atoms with Crippen LogP contribution in [0.1, 0.15) is 16.2 Å². The van der Waals surface area contributed by atoms with Gasteiger partial charge in [-0.1, -0.05) is 6.07 Å². The van der Waals surface area contributed by atoms with Crippen molar-refractivity contribution in [2.45, 2.75) is 6.92 Å². The molecule has 7 heteroatoms. The molecule has 1 heterocycles. The van der Waals surface area contributed by atoms with Crippen LogP contribution in [0.2, 0.25) is 0 Å². The highest BCUT2D eigenvalue weighted by Gasteiger charge is 2.23. The van der Waals surface area contributed by atoms with Crippen molar-refractivity contribution in [1.29, 1.82) is 0 Å². The van der Waals surface area contributed by atoms with E-state index in [4.69, 9.17) is 5.11 Å². The number of aryl methyl sites for hydroxylation is 1. The zero-order valence-corrected chi connectivity index (χ0v) is 9.40. The number of nitro benzene ring substituents is 1. The van der Waals surface area contributed by atoms with Crippen molar-refractivity contribution in [2.75, 3.05) is 0 Å². The quantitative estimate of drug-likeness (QED) is 0.658. The monoisotopic (exact) mass is 247 g/mol. The van der Waals surface area contributed by atoms with Gasteiger partial charge in [0.05, 0.1) is 10.5 Å². The summed E-state index contributed by atoms with van der Waals surface area (Å²) in [6.07, 6.45) is 2.95. The smallest absolute Gasteiger partial charge is 0.338 e. The molecule has 0 aliphatic rings. The van der Waals surface area contributed by atoms with E-state index < -0.39 is 10.9 Å². The first-order chi connectivity index (χ1) is 8.52. The first kappa shape index (κ1) is 11.8. The van der Waals surface area contributed by atoms with Crippen molar-refractivity contribution < 1.29 is 14.8 Å². The van der Waals surface area contributed by atoms with Gasteiger partial charge in [-0.2, -0.15) is 0 Å². The number of carbonyl (C=O) groups is 1. The zero-order chi connectivity index (χ0) is 13.3. The molecule has 1 aromatic heterocycles. The van der Waals surface area contributed by atoms with Gasteiger partial charge in [-0.15, -0.1) is 0 Å². The summed E-state index contributed by atoms with van der Waals surface area (Å²) < 4.78 is 1.39. The molecule has 92 valence electrons. The molecule has 0 radical (unpaired) electrons. The summed E-state index contributed by atoms with van der Waals surface area (Å²) in [4.78, 5) is 25.5. The number of nitrogens with zero attached hydrogens (tertiary/aromatic N) is 3. The van der Waals surface area contributed by atoms with Gasteiger partial charge < -0.3 is 5.11 Å². The van der Waals surface area contributed by atoms with Gasteiger partial charge in [0.25, 0.3) is 5.69 Å². The second-order valence-electron chi connectivity index (χ2n) is 3.58. The van der Waals surface area contributed by atoms with E-state index in [9.17, 15) is 14.9 Å². The summed E-state index contributed by atoms with van der Waals surface area (Å²) in [6.45, 7) is 1.64. The number of hydrogen-bond acceptors (Lipinski definition) is 4. The van der Waals surface area contributed by atoms with Crippen LogP contribution in [0, 0.1) is 17.0 Å². The number of nitro groups is 1. The second-order valence-corrected chi connectivity index (χ2v) is 3.58. The number of hydrogen-bond donors (Lipinski definition) is 1. The van der Waals surface area contributed by atoms with Crippen LogP contribution in [0.15, 0.2) is 30.6 Å². The fourth-order valence-corrected chi connectivity index (χ4v) is 1.72. The maximum absolute atomic E-state index is 11.1. The van der Waals surface area contributed by atoms with Gasteiger partial charge in [0.15, 0.2) is 0 Å². The Morgan fingerprint density at radius 2 is 2.22 bits per heavy atom. The number of carboxylic acid groups (broad SMARTS) is 1. The van der Waals surface area contributed by atoms with Crippen LogP contribution in [-0.2, 0) is 0 Å². The minimum atomic E-state index is -1.22. The predicted octanol–water partition coefficient (Wildman–Crippen LogP) is 1.79. The third-order valence-corrected chi connectivity index (χ3v) is 2.51. The van der Waals surface area contributed by atoms with Crippen LogP contribution in [0.3, 0.4) is 0 Å². The maximum atomic E-state index is 11.1. The molecule has 0 fully saturated rings. The van der Waals surface area contributed by atoms with Crippen molar-refractivity contribution in [3.05, 3.63) is 52.1 Å². The summed E-state index contributed by atoms with van der Waals surface area (Å²) in [7, 11) is 0. The number of rotatable bonds is 3. The lowest BCUT2D eigenvalue weighted by Gasteiger charge is -2.09. The highest BCUT2D eigenvalue weighted by atomic mass is 16.6. The van der Waals surface area contributed by atoms with Crippen molar-refractivity contribution >= 4 is 11.7 Å². The Hall–Kier alpha value is -2.70. The molecular formula is C11H9N3O4. The molecule has 2 aromatic rings. The predicted molar refractivity (Wildman–Crippen MR) is 61.9 cm³/mol. The van der Waals surface area contributed by atoms with E-state index in [1.54, 1.807) is 6.92 Å². The number of para-hydroxylation sites is 1. The normalized spacial score (nSPS) is 10.3. The lowest BCUT2D eigenvalue weighted by molar-refractivity contribution is -0.384. The summed E-state index contributed by atoms with van der Waals surface area (Å²) >= 11 is 0. The Morgan fingerprint density at radius 3 is 2.72 bits per heavy atom. The Morgan fingerprint density at radius 1 is 1.50 bits per heavy atom.